The number of thiazole rings is 1. The predicted octanol–water partition coefficient (Wildman–Crippen LogP) is 4.14. The average Bonchev–Trinajstić information content (AvgIpc) is 3.28. The molecule has 4 rings (SSSR count). The van der Waals surface area contributed by atoms with Crippen LogP contribution in [0, 0.1) is 5.82 Å². The number of methoxy groups -OCH3 is 1. The van der Waals surface area contributed by atoms with Crippen LogP contribution in [0.2, 0.25) is 0 Å². The number of ether oxygens (including phenoxy) is 1. The van der Waals surface area contributed by atoms with Crippen molar-refractivity contribution in [3.63, 3.8) is 0 Å². The maximum atomic E-state index is 13.0. The lowest BCUT2D eigenvalue weighted by atomic mass is 10.1. The molecule has 0 radical (unpaired) electrons. The Morgan fingerprint density at radius 3 is 2.85 bits per heavy atom. The lowest BCUT2D eigenvalue weighted by molar-refractivity contribution is 0.0945. The van der Waals surface area contributed by atoms with Crippen LogP contribution >= 0.6 is 11.3 Å². The second-order valence-corrected chi connectivity index (χ2v) is 6.78. The van der Waals surface area contributed by atoms with Crippen molar-refractivity contribution in [2.45, 2.75) is 6.54 Å². The monoisotopic (exact) mass is 381 g/mol. The summed E-state index contributed by atoms with van der Waals surface area (Å²) in [6.45, 7) is 0.327. The minimum atomic E-state index is -0.298. The molecular weight excluding hydrogens is 365 g/mol. The number of nitrogens with zero attached hydrogens (tertiary/aromatic N) is 2. The Kier molecular flexibility index (Phi) is 4.60. The Balaban J connectivity index is 1.56. The Hall–Kier alpha value is -3.19. The van der Waals surface area contributed by atoms with E-state index < -0.39 is 0 Å². The highest BCUT2D eigenvalue weighted by Crippen LogP contribution is 2.26. The molecule has 0 aliphatic heterocycles. The third kappa shape index (κ3) is 3.54. The summed E-state index contributed by atoms with van der Waals surface area (Å²) in [5.41, 5.74) is 3.04. The van der Waals surface area contributed by atoms with Gasteiger partial charge in [-0.15, -0.1) is 11.3 Å². The van der Waals surface area contributed by atoms with Gasteiger partial charge in [-0.1, -0.05) is 24.3 Å². The van der Waals surface area contributed by atoms with Crippen LogP contribution in [0.5, 0.6) is 5.75 Å². The number of fused-ring (bicyclic) bond motifs is 1. The van der Waals surface area contributed by atoms with Crippen LogP contribution in [-0.2, 0) is 6.54 Å². The summed E-state index contributed by atoms with van der Waals surface area (Å²) >= 11 is 1.40. The van der Waals surface area contributed by atoms with Gasteiger partial charge in [0.15, 0.2) is 4.96 Å². The summed E-state index contributed by atoms with van der Waals surface area (Å²) < 4.78 is 20.0. The van der Waals surface area contributed by atoms with E-state index in [-0.39, 0.29) is 11.7 Å². The van der Waals surface area contributed by atoms with Gasteiger partial charge in [-0.3, -0.25) is 9.20 Å². The van der Waals surface area contributed by atoms with Crippen molar-refractivity contribution in [1.82, 2.24) is 14.7 Å². The van der Waals surface area contributed by atoms with Gasteiger partial charge in [0, 0.05) is 23.7 Å². The largest absolute Gasteiger partial charge is 0.497 e. The molecule has 27 heavy (non-hydrogen) atoms. The van der Waals surface area contributed by atoms with E-state index in [4.69, 9.17) is 4.74 Å². The first kappa shape index (κ1) is 17.2. The molecule has 5 nitrogen and oxygen atoms in total. The summed E-state index contributed by atoms with van der Waals surface area (Å²) in [5.74, 6) is 0.245. The van der Waals surface area contributed by atoms with E-state index in [2.05, 4.69) is 10.3 Å². The topological polar surface area (TPSA) is 55.6 Å². The van der Waals surface area contributed by atoms with Crippen molar-refractivity contribution >= 4 is 22.2 Å². The molecule has 2 aromatic carbocycles. The fourth-order valence-corrected chi connectivity index (χ4v) is 3.60. The summed E-state index contributed by atoms with van der Waals surface area (Å²) in [7, 11) is 1.62. The number of carbonyl (C=O) groups is 1. The number of aromatic nitrogens is 2. The maximum absolute atomic E-state index is 13.0. The zero-order chi connectivity index (χ0) is 18.8. The number of nitrogens with one attached hydrogen (secondary N) is 1. The summed E-state index contributed by atoms with van der Waals surface area (Å²) in [5, 5.41) is 4.63. The average molecular weight is 381 g/mol. The molecule has 1 N–H and O–H groups in total. The molecule has 0 saturated heterocycles. The van der Waals surface area contributed by atoms with Gasteiger partial charge in [0.1, 0.15) is 17.3 Å². The van der Waals surface area contributed by atoms with E-state index in [9.17, 15) is 9.18 Å². The Labute approximate surface area is 159 Å². The first-order chi connectivity index (χ1) is 13.1. The highest BCUT2D eigenvalue weighted by molar-refractivity contribution is 7.15. The van der Waals surface area contributed by atoms with Crippen LogP contribution in [0.15, 0.2) is 60.1 Å². The van der Waals surface area contributed by atoms with Crippen molar-refractivity contribution in [2.75, 3.05) is 7.11 Å². The number of hydrogen-bond donors (Lipinski definition) is 1. The minimum Gasteiger partial charge on any atom is -0.497 e. The lowest BCUT2D eigenvalue weighted by Crippen LogP contribution is -2.23. The number of benzene rings is 2. The highest BCUT2D eigenvalue weighted by Gasteiger charge is 2.15. The number of hydrogen-bond acceptors (Lipinski definition) is 4. The first-order valence-electron chi connectivity index (χ1n) is 8.28. The standard InChI is InChI=1S/C20H16FN3O2S/c1-26-16-4-2-3-14(9-16)17-11-24-18(12-27-20(24)23-17)19(25)22-10-13-5-7-15(21)8-6-13/h2-9,11-12H,10H2,1H3,(H,22,25). The van der Waals surface area contributed by atoms with E-state index in [1.54, 1.807) is 29.0 Å². The second kappa shape index (κ2) is 7.20. The first-order valence-corrected chi connectivity index (χ1v) is 9.15. The molecule has 2 aromatic heterocycles. The third-order valence-corrected chi connectivity index (χ3v) is 5.01. The highest BCUT2D eigenvalue weighted by atomic mass is 32.1. The molecule has 4 aromatic rings. The van der Waals surface area contributed by atoms with Gasteiger partial charge < -0.3 is 10.1 Å². The molecule has 0 unspecified atom stereocenters. The fraction of sp³-hybridized carbons (Fsp3) is 0.100. The Morgan fingerprint density at radius 1 is 1.26 bits per heavy atom. The molecule has 7 heteroatoms. The van der Waals surface area contributed by atoms with E-state index >= 15 is 0 Å². The van der Waals surface area contributed by atoms with Crippen molar-refractivity contribution in [2.24, 2.45) is 0 Å². The minimum absolute atomic E-state index is 0.208. The number of carbonyl (C=O) groups excluding carboxylic acids is 1. The van der Waals surface area contributed by atoms with E-state index in [1.165, 1.54) is 23.5 Å². The van der Waals surface area contributed by atoms with Gasteiger partial charge in [-0.25, -0.2) is 9.37 Å². The molecule has 0 spiro atoms. The van der Waals surface area contributed by atoms with Crippen LogP contribution in [-0.4, -0.2) is 22.4 Å². The quantitative estimate of drug-likeness (QED) is 0.565. The maximum Gasteiger partial charge on any atom is 0.269 e. The van der Waals surface area contributed by atoms with Crippen LogP contribution < -0.4 is 10.1 Å². The number of rotatable bonds is 5. The molecule has 0 saturated carbocycles. The number of halogens is 1. The van der Waals surface area contributed by atoms with Gasteiger partial charge in [0.2, 0.25) is 0 Å². The predicted molar refractivity (Wildman–Crippen MR) is 103 cm³/mol. The van der Waals surface area contributed by atoms with E-state index in [0.29, 0.717) is 12.2 Å². The van der Waals surface area contributed by atoms with Gasteiger partial charge >= 0.3 is 0 Å². The van der Waals surface area contributed by atoms with Crippen LogP contribution in [0.4, 0.5) is 4.39 Å². The summed E-state index contributed by atoms with van der Waals surface area (Å²) in [6, 6.07) is 13.7. The van der Waals surface area contributed by atoms with E-state index in [0.717, 1.165) is 27.5 Å². The van der Waals surface area contributed by atoms with E-state index in [1.807, 2.05) is 30.5 Å². The van der Waals surface area contributed by atoms with Crippen LogP contribution in [0.3, 0.4) is 0 Å². The molecule has 0 fully saturated rings. The number of imidazole rings is 1. The molecule has 0 aliphatic rings. The van der Waals surface area contributed by atoms with Gasteiger partial charge in [0.05, 0.1) is 12.8 Å². The SMILES string of the molecule is COc1cccc(-c2cn3c(C(=O)NCc4ccc(F)cc4)csc3n2)c1. The second-order valence-electron chi connectivity index (χ2n) is 5.94. The third-order valence-electron chi connectivity index (χ3n) is 4.17. The zero-order valence-electron chi connectivity index (χ0n) is 14.5. The lowest BCUT2D eigenvalue weighted by Gasteiger charge is -2.04. The smallest absolute Gasteiger partial charge is 0.269 e. The fourth-order valence-electron chi connectivity index (χ4n) is 2.74. The van der Waals surface area contributed by atoms with Crippen molar-refractivity contribution < 1.29 is 13.9 Å². The number of amides is 1. The van der Waals surface area contributed by atoms with Crippen molar-refractivity contribution in [3.8, 4) is 17.0 Å². The molecular formula is C20H16FN3O2S. The zero-order valence-corrected chi connectivity index (χ0v) is 15.3. The van der Waals surface area contributed by atoms with Gasteiger partial charge in [0.25, 0.3) is 5.91 Å². The van der Waals surface area contributed by atoms with Crippen molar-refractivity contribution in [1.29, 1.82) is 0 Å². The Morgan fingerprint density at radius 2 is 2.07 bits per heavy atom. The van der Waals surface area contributed by atoms with Gasteiger partial charge in [-0.2, -0.15) is 0 Å². The van der Waals surface area contributed by atoms with Gasteiger partial charge in [-0.05, 0) is 29.8 Å². The van der Waals surface area contributed by atoms with Crippen LogP contribution in [0.1, 0.15) is 16.1 Å². The molecule has 136 valence electrons. The summed E-state index contributed by atoms with van der Waals surface area (Å²) in [6.07, 6.45) is 1.84. The van der Waals surface area contributed by atoms with Crippen LogP contribution in [0.25, 0.3) is 16.2 Å². The Bertz CT molecular complexity index is 1100. The molecule has 1 amide bonds. The normalized spacial score (nSPS) is 10.9. The molecule has 0 bridgehead atoms. The molecule has 2 heterocycles. The molecule has 0 atom stereocenters. The van der Waals surface area contributed by atoms with Crippen molar-refractivity contribution in [3.05, 3.63) is 77.2 Å². The summed E-state index contributed by atoms with van der Waals surface area (Å²) in [4.78, 5) is 17.9. The molecule has 0 aliphatic carbocycles.